The number of rotatable bonds is 5. The Bertz CT molecular complexity index is 770. The van der Waals surface area contributed by atoms with Crippen LogP contribution in [0, 0.1) is 0 Å². The Labute approximate surface area is 159 Å². The first kappa shape index (κ1) is 18.2. The van der Waals surface area contributed by atoms with Crippen molar-refractivity contribution in [1.29, 1.82) is 0 Å². The van der Waals surface area contributed by atoms with Crippen molar-refractivity contribution in [2.75, 3.05) is 39.4 Å². The molecular weight excluding hydrogens is 344 g/mol. The molecule has 0 saturated carbocycles. The predicted molar refractivity (Wildman–Crippen MR) is 103 cm³/mol. The van der Waals surface area contributed by atoms with Crippen LogP contribution in [0.5, 0.6) is 0 Å². The maximum absolute atomic E-state index is 5.96. The molecule has 2 atom stereocenters. The van der Waals surface area contributed by atoms with E-state index < -0.39 is 0 Å². The quantitative estimate of drug-likeness (QED) is 0.626. The van der Waals surface area contributed by atoms with Gasteiger partial charge < -0.3 is 19.7 Å². The van der Waals surface area contributed by atoms with Crippen molar-refractivity contribution in [2.45, 2.75) is 38.4 Å². The van der Waals surface area contributed by atoms with Crippen LogP contribution in [-0.2, 0) is 15.9 Å². The molecule has 0 spiro atoms. The summed E-state index contributed by atoms with van der Waals surface area (Å²) in [5, 5.41) is 11.9. The van der Waals surface area contributed by atoms with Crippen molar-refractivity contribution in [3.63, 3.8) is 0 Å². The molecule has 2 saturated heterocycles. The second kappa shape index (κ2) is 8.67. The summed E-state index contributed by atoms with van der Waals surface area (Å²) in [6.07, 6.45) is 5.31. The Hall–Kier alpha value is -2.19. The van der Waals surface area contributed by atoms with Gasteiger partial charge in [-0.1, -0.05) is 6.07 Å². The van der Waals surface area contributed by atoms with E-state index in [1.165, 1.54) is 0 Å². The van der Waals surface area contributed by atoms with Crippen LogP contribution >= 0.6 is 0 Å². The summed E-state index contributed by atoms with van der Waals surface area (Å²) in [5.74, 6) is 1.88. The van der Waals surface area contributed by atoms with Crippen LogP contribution in [0.15, 0.2) is 29.4 Å². The second-order valence-electron chi connectivity index (χ2n) is 6.94. The van der Waals surface area contributed by atoms with Gasteiger partial charge in [-0.2, -0.15) is 0 Å². The standard InChI is InChI=1S/C19H28N6O2/c1-2-20-19(24-11-13-27-16(14-24)15-6-5-12-26-15)21-9-8-18-23-22-17-7-3-4-10-25(17)18/h3-4,7,10,15-16H,2,5-6,8-9,11-14H2,1H3,(H,20,21). The first-order chi connectivity index (χ1) is 13.3. The largest absolute Gasteiger partial charge is 0.375 e. The molecule has 27 heavy (non-hydrogen) atoms. The summed E-state index contributed by atoms with van der Waals surface area (Å²) < 4.78 is 13.8. The van der Waals surface area contributed by atoms with Crippen LogP contribution in [0.3, 0.4) is 0 Å². The highest BCUT2D eigenvalue weighted by atomic mass is 16.5. The average Bonchev–Trinajstić information content (AvgIpc) is 3.38. The average molecular weight is 372 g/mol. The summed E-state index contributed by atoms with van der Waals surface area (Å²) in [6, 6.07) is 5.92. The van der Waals surface area contributed by atoms with E-state index in [9.17, 15) is 0 Å². The van der Waals surface area contributed by atoms with Gasteiger partial charge in [0, 0.05) is 45.4 Å². The van der Waals surface area contributed by atoms with Crippen LogP contribution in [0.25, 0.3) is 5.65 Å². The lowest BCUT2D eigenvalue weighted by atomic mass is 10.1. The summed E-state index contributed by atoms with van der Waals surface area (Å²) >= 11 is 0. The van der Waals surface area contributed by atoms with E-state index in [0.29, 0.717) is 13.2 Å². The molecule has 146 valence electrons. The molecule has 8 heteroatoms. The number of hydrogen-bond acceptors (Lipinski definition) is 5. The van der Waals surface area contributed by atoms with Crippen LogP contribution in [-0.4, -0.2) is 77.1 Å². The molecular formula is C19H28N6O2. The Kier molecular flexibility index (Phi) is 5.84. The lowest BCUT2D eigenvalue weighted by Gasteiger charge is -2.37. The molecule has 0 radical (unpaired) electrons. The van der Waals surface area contributed by atoms with E-state index >= 15 is 0 Å². The minimum absolute atomic E-state index is 0.130. The highest BCUT2D eigenvalue weighted by Crippen LogP contribution is 2.21. The molecule has 2 aromatic rings. The minimum Gasteiger partial charge on any atom is -0.375 e. The molecule has 0 bridgehead atoms. The highest BCUT2D eigenvalue weighted by molar-refractivity contribution is 5.80. The fraction of sp³-hybridized carbons (Fsp3) is 0.632. The molecule has 0 aromatic carbocycles. The van der Waals surface area contributed by atoms with Gasteiger partial charge in [-0.15, -0.1) is 10.2 Å². The van der Waals surface area contributed by atoms with Crippen molar-refractivity contribution >= 4 is 11.6 Å². The zero-order chi connectivity index (χ0) is 18.5. The van der Waals surface area contributed by atoms with E-state index in [2.05, 4.69) is 27.3 Å². The summed E-state index contributed by atoms with van der Waals surface area (Å²) in [6.45, 7) is 6.84. The molecule has 4 rings (SSSR count). The number of fused-ring (bicyclic) bond motifs is 1. The van der Waals surface area contributed by atoms with Crippen LogP contribution in [0.4, 0.5) is 0 Å². The van der Waals surface area contributed by atoms with Crippen molar-refractivity contribution in [3.8, 4) is 0 Å². The molecule has 2 aliphatic heterocycles. The Morgan fingerprint density at radius 2 is 2.19 bits per heavy atom. The van der Waals surface area contributed by atoms with Gasteiger partial charge in [0.05, 0.1) is 12.7 Å². The van der Waals surface area contributed by atoms with E-state index in [0.717, 1.165) is 62.9 Å². The van der Waals surface area contributed by atoms with Crippen molar-refractivity contribution < 1.29 is 9.47 Å². The van der Waals surface area contributed by atoms with Gasteiger partial charge in [0.15, 0.2) is 11.6 Å². The fourth-order valence-corrected chi connectivity index (χ4v) is 3.74. The summed E-state index contributed by atoms with van der Waals surface area (Å²) in [4.78, 5) is 7.13. The number of hydrogen-bond donors (Lipinski definition) is 1. The van der Waals surface area contributed by atoms with Crippen molar-refractivity contribution in [3.05, 3.63) is 30.2 Å². The van der Waals surface area contributed by atoms with Gasteiger partial charge in [0.2, 0.25) is 0 Å². The van der Waals surface area contributed by atoms with Crippen molar-refractivity contribution in [1.82, 2.24) is 24.8 Å². The van der Waals surface area contributed by atoms with E-state index in [4.69, 9.17) is 14.5 Å². The molecule has 1 N–H and O–H groups in total. The van der Waals surface area contributed by atoms with Gasteiger partial charge in [0.25, 0.3) is 0 Å². The monoisotopic (exact) mass is 372 g/mol. The first-order valence-electron chi connectivity index (χ1n) is 9.90. The van der Waals surface area contributed by atoms with Crippen LogP contribution < -0.4 is 5.32 Å². The van der Waals surface area contributed by atoms with Gasteiger partial charge in [-0.3, -0.25) is 9.39 Å². The Morgan fingerprint density at radius 3 is 3.04 bits per heavy atom. The normalized spacial score (nSPS) is 23.9. The maximum Gasteiger partial charge on any atom is 0.194 e. The number of nitrogens with zero attached hydrogens (tertiary/aromatic N) is 5. The third-order valence-corrected chi connectivity index (χ3v) is 5.09. The van der Waals surface area contributed by atoms with Gasteiger partial charge in [-0.05, 0) is 31.9 Å². The maximum atomic E-state index is 5.96. The molecule has 2 fully saturated rings. The molecule has 0 amide bonds. The van der Waals surface area contributed by atoms with Crippen molar-refractivity contribution in [2.24, 2.45) is 4.99 Å². The van der Waals surface area contributed by atoms with Gasteiger partial charge in [0.1, 0.15) is 11.9 Å². The SMILES string of the molecule is CCNC(=NCCc1nnc2ccccn12)N1CCOC(C2CCCO2)C1. The second-order valence-corrected chi connectivity index (χ2v) is 6.94. The topological polar surface area (TPSA) is 76.3 Å². The smallest absolute Gasteiger partial charge is 0.194 e. The van der Waals surface area contributed by atoms with Crippen LogP contribution in [0.2, 0.25) is 0 Å². The number of pyridine rings is 1. The molecule has 2 unspecified atom stereocenters. The molecule has 2 aromatic heterocycles. The highest BCUT2D eigenvalue weighted by Gasteiger charge is 2.32. The van der Waals surface area contributed by atoms with E-state index in [1.54, 1.807) is 0 Å². The van der Waals surface area contributed by atoms with E-state index in [-0.39, 0.29) is 12.2 Å². The third kappa shape index (κ3) is 4.22. The van der Waals surface area contributed by atoms with E-state index in [1.807, 2.05) is 28.8 Å². The molecule has 4 heterocycles. The van der Waals surface area contributed by atoms with Crippen LogP contribution in [0.1, 0.15) is 25.6 Å². The third-order valence-electron chi connectivity index (χ3n) is 5.09. The molecule has 8 nitrogen and oxygen atoms in total. The molecule has 0 aliphatic carbocycles. The zero-order valence-corrected chi connectivity index (χ0v) is 15.9. The predicted octanol–water partition coefficient (Wildman–Crippen LogP) is 1.12. The number of ether oxygens (including phenoxy) is 2. The molecule has 2 aliphatic rings. The number of guanidine groups is 1. The first-order valence-corrected chi connectivity index (χ1v) is 9.90. The number of nitrogens with one attached hydrogen (secondary N) is 1. The van der Waals surface area contributed by atoms with Gasteiger partial charge in [-0.25, -0.2) is 0 Å². The fourth-order valence-electron chi connectivity index (χ4n) is 3.74. The summed E-state index contributed by atoms with van der Waals surface area (Å²) in [5.41, 5.74) is 0.871. The Morgan fingerprint density at radius 1 is 1.26 bits per heavy atom. The summed E-state index contributed by atoms with van der Waals surface area (Å²) in [7, 11) is 0. The minimum atomic E-state index is 0.130. The number of morpholine rings is 1. The Balaban J connectivity index is 1.40. The zero-order valence-electron chi connectivity index (χ0n) is 15.9. The number of aliphatic imine (C=N–C) groups is 1. The number of aromatic nitrogens is 3. The lowest BCUT2D eigenvalue weighted by Crippen LogP contribution is -2.53. The lowest BCUT2D eigenvalue weighted by molar-refractivity contribution is -0.0817. The van der Waals surface area contributed by atoms with Gasteiger partial charge >= 0.3 is 0 Å².